The first-order chi connectivity index (χ1) is 15.8. The first-order valence-electron chi connectivity index (χ1n) is 10.3. The number of amides is 2. The second-order valence-corrected chi connectivity index (χ2v) is 9.72. The van der Waals surface area contributed by atoms with Crippen LogP contribution in [0, 0.1) is 0 Å². The lowest BCUT2D eigenvalue weighted by Crippen LogP contribution is -2.33. The van der Waals surface area contributed by atoms with E-state index in [1.807, 2.05) is 0 Å². The minimum Gasteiger partial charge on any atom is -0.460 e. The number of nitrogens with zero attached hydrogens (tertiary/aromatic N) is 1. The summed E-state index contributed by atoms with van der Waals surface area (Å²) in [5.74, 6) is -1.72. The molecule has 0 radical (unpaired) electrons. The van der Waals surface area contributed by atoms with Crippen molar-refractivity contribution in [1.29, 1.82) is 0 Å². The zero-order valence-electron chi connectivity index (χ0n) is 17.5. The van der Waals surface area contributed by atoms with Gasteiger partial charge in [-0.15, -0.1) is 0 Å². The van der Waals surface area contributed by atoms with Crippen LogP contribution in [0.4, 0.5) is 0 Å². The van der Waals surface area contributed by atoms with Crippen LogP contribution in [0.25, 0.3) is 0 Å². The van der Waals surface area contributed by atoms with Crippen LogP contribution in [0.15, 0.2) is 47.4 Å². The van der Waals surface area contributed by atoms with E-state index < -0.39 is 27.8 Å². The van der Waals surface area contributed by atoms with Gasteiger partial charge in [0.25, 0.3) is 11.8 Å². The Balaban J connectivity index is 1.38. The molecule has 0 aliphatic carbocycles. The van der Waals surface area contributed by atoms with Gasteiger partial charge >= 0.3 is 5.97 Å². The topological polar surface area (TPSA) is 119 Å². The Bertz CT molecular complexity index is 1170. The molecular formula is C22H21ClN2O7S. The SMILES string of the molecule is O=C(OCCN1C(=O)c2ccccc2C1=O)c1ccc(Cl)c(S(=O)(=O)NCC2CCCO2)c1. The van der Waals surface area contributed by atoms with Crippen LogP contribution >= 0.6 is 11.6 Å². The molecule has 2 aromatic carbocycles. The van der Waals surface area contributed by atoms with E-state index in [0.717, 1.165) is 23.8 Å². The number of esters is 1. The fourth-order valence-electron chi connectivity index (χ4n) is 3.68. The molecule has 2 aliphatic heterocycles. The molecule has 174 valence electrons. The van der Waals surface area contributed by atoms with Gasteiger partial charge in [-0.25, -0.2) is 17.9 Å². The van der Waals surface area contributed by atoms with Gasteiger partial charge in [-0.3, -0.25) is 14.5 Å². The number of halogens is 1. The molecule has 1 N–H and O–H groups in total. The number of rotatable bonds is 8. The third-order valence-corrected chi connectivity index (χ3v) is 7.31. The predicted octanol–water partition coefficient (Wildman–Crippen LogP) is 2.25. The average molecular weight is 493 g/mol. The van der Waals surface area contributed by atoms with Crippen molar-refractivity contribution in [3.05, 3.63) is 64.2 Å². The van der Waals surface area contributed by atoms with E-state index in [0.29, 0.717) is 17.7 Å². The molecule has 9 nitrogen and oxygen atoms in total. The van der Waals surface area contributed by atoms with Crippen molar-refractivity contribution in [1.82, 2.24) is 9.62 Å². The summed E-state index contributed by atoms with van der Waals surface area (Å²) in [5, 5.41) is -0.0441. The van der Waals surface area contributed by atoms with Gasteiger partial charge < -0.3 is 9.47 Å². The molecule has 2 amide bonds. The van der Waals surface area contributed by atoms with E-state index in [-0.39, 0.29) is 41.3 Å². The average Bonchev–Trinajstić information content (AvgIpc) is 3.41. The van der Waals surface area contributed by atoms with Gasteiger partial charge in [-0.1, -0.05) is 23.7 Å². The summed E-state index contributed by atoms with van der Waals surface area (Å²) in [4.78, 5) is 38.0. The van der Waals surface area contributed by atoms with Crippen LogP contribution in [0.2, 0.25) is 5.02 Å². The van der Waals surface area contributed by atoms with Gasteiger partial charge in [0, 0.05) is 13.2 Å². The third-order valence-electron chi connectivity index (χ3n) is 5.41. The van der Waals surface area contributed by atoms with Crippen LogP contribution < -0.4 is 4.72 Å². The number of benzene rings is 2. The monoisotopic (exact) mass is 492 g/mol. The molecular weight excluding hydrogens is 472 g/mol. The molecule has 0 spiro atoms. The lowest BCUT2D eigenvalue weighted by Gasteiger charge is -2.15. The molecule has 1 atom stereocenters. The smallest absolute Gasteiger partial charge is 0.338 e. The number of carbonyl (C=O) groups is 3. The molecule has 0 aromatic heterocycles. The number of fused-ring (bicyclic) bond motifs is 1. The van der Waals surface area contributed by atoms with Crippen LogP contribution in [0.1, 0.15) is 43.9 Å². The number of hydrogen-bond acceptors (Lipinski definition) is 7. The normalized spacial score (nSPS) is 18.0. The molecule has 0 bridgehead atoms. The maximum Gasteiger partial charge on any atom is 0.338 e. The summed E-state index contributed by atoms with van der Waals surface area (Å²) in [6.07, 6.45) is 1.43. The summed E-state index contributed by atoms with van der Waals surface area (Å²) in [7, 11) is -3.98. The largest absolute Gasteiger partial charge is 0.460 e. The fourth-order valence-corrected chi connectivity index (χ4v) is 5.27. The van der Waals surface area contributed by atoms with E-state index in [9.17, 15) is 22.8 Å². The highest BCUT2D eigenvalue weighted by Crippen LogP contribution is 2.24. The van der Waals surface area contributed by atoms with Gasteiger partial charge in [0.05, 0.1) is 34.4 Å². The van der Waals surface area contributed by atoms with Crippen molar-refractivity contribution in [3.63, 3.8) is 0 Å². The van der Waals surface area contributed by atoms with E-state index in [4.69, 9.17) is 21.1 Å². The van der Waals surface area contributed by atoms with Crippen molar-refractivity contribution in [2.24, 2.45) is 0 Å². The van der Waals surface area contributed by atoms with Crippen molar-refractivity contribution < 1.29 is 32.3 Å². The van der Waals surface area contributed by atoms with Gasteiger partial charge in [0.1, 0.15) is 11.5 Å². The number of carbonyl (C=O) groups excluding carboxylic acids is 3. The number of nitrogens with one attached hydrogen (secondary N) is 1. The summed E-state index contributed by atoms with van der Waals surface area (Å²) in [6.45, 7) is 0.328. The first kappa shape index (κ1) is 23.4. The number of sulfonamides is 1. The Kier molecular flexibility index (Phi) is 6.80. The molecule has 33 heavy (non-hydrogen) atoms. The number of imide groups is 1. The van der Waals surface area contributed by atoms with Gasteiger partial charge in [0.2, 0.25) is 10.0 Å². The quantitative estimate of drug-likeness (QED) is 0.443. The molecule has 11 heteroatoms. The zero-order chi connectivity index (χ0) is 23.6. The van der Waals surface area contributed by atoms with Crippen LogP contribution in [-0.4, -0.2) is 63.5 Å². The molecule has 4 rings (SSSR count). The summed E-state index contributed by atoms with van der Waals surface area (Å²) < 4.78 is 38.4. The summed E-state index contributed by atoms with van der Waals surface area (Å²) in [5.41, 5.74) is 0.577. The van der Waals surface area contributed by atoms with Gasteiger partial charge in [-0.2, -0.15) is 0 Å². The zero-order valence-corrected chi connectivity index (χ0v) is 19.0. The summed E-state index contributed by atoms with van der Waals surface area (Å²) >= 11 is 6.06. The fraction of sp³-hybridized carbons (Fsp3) is 0.318. The van der Waals surface area contributed by atoms with Crippen molar-refractivity contribution >= 4 is 39.4 Å². The highest BCUT2D eigenvalue weighted by atomic mass is 35.5. The molecule has 1 fully saturated rings. The standard InChI is InChI=1S/C22H21ClN2O7S/c23-18-8-7-14(12-19(18)33(29,30)24-13-15-4-3-10-31-15)22(28)32-11-9-25-20(26)16-5-1-2-6-17(16)21(25)27/h1-2,5-8,12,15,24H,3-4,9-11,13H2. The molecule has 1 saturated heterocycles. The van der Waals surface area contributed by atoms with Crippen LogP contribution in [0.5, 0.6) is 0 Å². The first-order valence-corrected chi connectivity index (χ1v) is 12.2. The number of ether oxygens (including phenoxy) is 2. The maximum absolute atomic E-state index is 12.7. The Morgan fingerprint density at radius 3 is 2.48 bits per heavy atom. The van der Waals surface area contributed by atoms with Gasteiger partial charge in [0.15, 0.2) is 0 Å². The molecule has 2 aliphatic rings. The van der Waals surface area contributed by atoms with Crippen LogP contribution in [0.3, 0.4) is 0 Å². The Hall–Kier alpha value is -2.79. The minimum absolute atomic E-state index is 0.0285. The van der Waals surface area contributed by atoms with Crippen molar-refractivity contribution in [3.8, 4) is 0 Å². The Morgan fingerprint density at radius 2 is 1.85 bits per heavy atom. The lowest BCUT2D eigenvalue weighted by atomic mass is 10.1. The van der Waals surface area contributed by atoms with E-state index in [2.05, 4.69) is 4.72 Å². The minimum atomic E-state index is -3.98. The number of hydrogen-bond donors (Lipinski definition) is 1. The van der Waals surface area contributed by atoms with Crippen LogP contribution in [-0.2, 0) is 19.5 Å². The Labute approximate surface area is 195 Å². The van der Waals surface area contributed by atoms with Gasteiger partial charge in [-0.05, 0) is 43.2 Å². The van der Waals surface area contributed by atoms with E-state index >= 15 is 0 Å². The Morgan fingerprint density at radius 1 is 1.15 bits per heavy atom. The molecule has 2 aromatic rings. The second kappa shape index (κ2) is 9.60. The highest BCUT2D eigenvalue weighted by molar-refractivity contribution is 7.89. The second-order valence-electron chi connectivity index (χ2n) is 7.58. The van der Waals surface area contributed by atoms with Crippen molar-refractivity contribution in [2.75, 3.05) is 26.3 Å². The molecule has 1 unspecified atom stereocenters. The summed E-state index contributed by atoms with van der Waals surface area (Å²) in [6, 6.07) is 10.2. The maximum atomic E-state index is 12.7. The third kappa shape index (κ3) is 4.93. The highest BCUT2D eigenvalue weighted by Gasteiger charge is 2.35. The molecule has 0 saturated carbocycles. The molecule has 2 heterocycles. The van der Waals surface area contributed by atoms with E-state index in [1.54, 1.807) is 24.3 Å². The lowest BCUT2D eigenvalue weighted by molar-refractivity contribution is 0.0420. The van der Waals surface area contributed by atoms with Crippen molar-refractivity contribution in [2.45, 2.75) is 23.8 Å². The van der Waals surface area contributed by atoms with E-state index in [1.165, 1.54) is 12.1 Å². The predicted molar refractivity (Wildman–Crippen MR) is 118 cm³/mol.